The summed E-state index contributed by atoms with van der Waals surface area (Å²) in [5.74, 6) is 2.04. The second-order valence-electron chi connectivity index (χ2n) is 18.4. The number of carboxylic acids is 1. The van der Waals surface area contributed by atoms with Crippen molar-refractivity contribution < 1.29 is 19.5 Å². The number of likely N-dealkylation sites (tertiary alicyclic amines) is 1. The SMILES string of the molecule is CC1(C)C(c2ccc(C(=O)O)cc2)=CC[C@@]2(C)C1CC[C@]1(C)C2CC[C@@H]2C3CCC[C@]3(CNC(=O)NCCCN3CCCC3=O)CC[C@]21C. The summed E-state index contributed by atoms with van der Waals surface area (Å²) < 4.78 is 0. The van der Waals surface area contributed by atoms with E-state index in [9.17, 15) is 19.5 Å². The number of hydrogen-bond acceptors (Lipinski definition) is 3. The number of carboxylic acid groups (broad SMARTS) is 1. The maximum absolute atomic E-state index is 13.0. The summed E-state index contributed by atoms with van der Waals surface area (Å²) in [5, 5.41) is 15.9. The molecule has 1 aromatic carbocycles. The predicted molar refractivity (Wildman–Crippen MR) is 194 cm³/mol. The zero-order valence-electron chi connectivity index (χ0n) is 30.8. The number of aromatic carboxylic acids is 1. The zero-order chi connectivity index (χ0) is 34.8. The highest BCUT2D eigenvalue weighted by Crippen LogP contribution is 2.77. The van der Waals surface area contributed by atoms with Gasteiger partial charge >= 0.3 is 12.0 Å². The van der Waals surface area contributed by atoms with Crippen LogP contribution in [0.5, 0.6) is 0 Å². The fourth-order valence-corrected chi connectivity index (χ4v) is 13.6. The van der Waals surface area contributed by atoms with Gasteiger partial charge in [0, 0.05) is 32.6 Å². The molecular formula is C42H61N3O4. The maximum atomic E-state index is 13.0. The molecule has 0 bridgehead atoms. The lowest BCUT2D eigenvalue weighted by molar-refractivity contribution is -0.222. The van der Waals surface area contributed by atoms with Gasteiger partial charge in [-0.25, -0.2) is 9.59 Å². The molecular weight excluding hydrogens is 610 g/mol. The molecule has 7 rings (SSSR count). The van der Waals surface area contributed by atoms with Crippen LogP contribution < -0.4 is 10.6 Å². The average molecular weight is 672 g/mol. The molecule has 1 heterocycles. The fraction of sp³-hybridized carbons (Fsp3) is 0.738. The molecule has 3 N–H and O–H groups in total. The molecule has 7 heteroatoms. The minimum atomic E-state index is -0.870. The first-order valence-corrected chi connectivity index (χ1v) is 19.6. The van der Waals surface area contributed by atoms with E-state index in [0.29, 0.717) is 53.0 Å². The van der Waals surface area contributed by atoms with E-state index in [1.54, 1.807) is 12.1 Å². The average Bonchev–Trinajstić information content (AvgIpc) is 3.68. The van der Waals surface area contributed by atoms with Crippen molar-refractivity contribution >= 4 is 23.5 Å². The van der Waals surface area contributed by atoms with Gasteiger partial charge in [-0.05, 0) is 145 Å². The third kappa shape index (κ3) is 5.46. The van der Waals surface area contributed by atoms with Crippen molar-refractivity contribution in [2.45, 2.75) is 118 Å². The molecule has 6 aliphatic rings. The summed E-state index contributed by atoms with van der Waals surface area (Å²) in [4.78, 5) is 38.3. The van der Waals surface area contributed by atoms with Crippen LogP contribution >= 0.6 is 0 Å². The van der Waals surface area contributed by atoms with Crippen LogP contribution in [0.3, 0.4) is 0 Å². The van der Waals surface area contributed by atoms with Crippen molar-refractivity contribution in [2.75, 3.05) is 26.2 Å². The van der Waals surface area contributed by atoms with Gasteiger partial charge in [-0.2, -0.15) is 0 Å². The summed E-state index contributed by atoms with van der Waals surface area (Å²) in [6.07, 6.45) is 17.5. The van der Waals surface area contributed by atoms with Crippen LogP contribution in [0.1, 0.15) is 134 Å². The number of carbonyl (C=O) groups excluding carboxylic acids is 2. The molecule has 8 atom stereocenters. The Morgan fingerprint density at radius 3 is 2.35 bits per heavy atom. The zero-order valence-corrected chi connectivity index (χ0v) is 30.8. The van der Waals surface area contributed by atoms with Crippen molar-refractivity contribution in [1.82, 2.24) is 15.5 Å². The Kier molecular flexibility index (Phi) is 8.79. The Morgan fingerprint density at radius 2 is 1.63 bits per heavy atom. The topological polar surface area (TPSA) is 98.7 Å². The van der Waals surface area contributed by atoms with Crippen LogP contribution in [0, 0.1) is 50.7 Å². The van der Waals surface area contributed by atoms with E-state index < -0.39 is 5.97 Å². The number of fused-ring (bicyclic) bond motifs is 7. The Morgan fingerprint density at radius 1 is 0.857 bits per heavy atom. The van der Waals surface area contributed by atoms with Crippen LogP contribution in [0.4, 0.5) is 4.79 Å². The lowest BCUT2D eigenvalue weighted by Gasteiger charge is -2.72. The summed E-state index contributed by atoms with van der Waals surface area (Å²) in [6.45, 7) is 15.9. The normalized spacial score (nSPS) is 39.2. The van der Waals surface area contributed by atoms with Gasteiger partial charge in [0.25, 0.3) is 0 Å². The highest BCUT2D eigenvalue weighted by atomic mass is 16.4. The number of rotatable bonds is 8. The lowest BCUT2D eigenvalue weighted by Crippen LogP contribution is -2.65. The molecule has 0 spiro atoms. The Balaban J connectivity index is 1.04. The molecule has 3 unspecified atom stereocenters. The van der Waals surface area contributed by atoms with Crippen LogP contribution in [0.2, 0.25) is 0 Å². The first-order valence-electron chi connectivity index (χ1n) is 19.6. The second-order valence-corrected chi connectivity index (χ2v) is 18.4. The minimum absolute atomic E-state index is 0.0157. The first kappa shape index (κ1) is 34.6. The van der Waals surface area contributed by atoms with Crippen molar-refractivity contribution in [3.05, 3.63) is 41.5 Å². The molecule has 5 fully saturated rings. The van der Waals surface area contributed by atoms with Gasteiger partial charge in [0.15, 0.2) is 0 Å². The van der Waals surface area contributed by atoms with Crippen LogP contribution in [-0.2, 0) is 4.79 Å². The standard InChI is InChI=1S/C42H61N3O4/c1-38(2)30(28-11-13-29(14-12-28)36(47)48)17-20-39(3)33(38)18-21-41(5)34(39)16-15-31-32-9-6-19-42(32,23-22-40(31,41)4)27-44-37(49)43-24-8-26-45-25-7-10-35(45)46/h11-14,17,31-34H,6-10,15-16,18-27H2,1-5H3,(H,47,48)(H2,43,44,49)/t31-,32?,33?,34?,39+,40-,41-,42-/m1/s1. The van der Waals surface area contributed by atoms with Gasteiger partial charge in [-0.3, -0.25) is 4.79 Å². The van der Waals surface area contributed by atoms with E-state index >= 15 is 0 Å². The number of urea groups is 1. The highest BCUT2D eigenvalue weighted by Gasteiger charge is 2.69. The second kappa shape index (κ2) is 12.4. The molecule has 1 saturated heterocycles. The van der Waals surface area contributed by atoms with Crippen molar-refractivity contribution in [3.63, 3.8) is 0 Å². The molecule has 7 nitrogen and oxygen atoms in total. The van der Waals surface area contributed by atoms with Gasteiger partial charge < -0.3 is 20.6 Å². The smallest absolute Gasteiger partial charge is 0.335 e. The highest BCUT2D eigenvalue weighted by molar-refractivity contribution is 5.88. The van der Waals surface area contributed by atoms with E-state index in [1.807, 2.05) is 17.0 Å². The van der Waals surface area contributed by atoms with Gasteiger partial charge in [0.2, 0.25) is 5.91 Å². The predicted octanol–water partition coefficient (Wildman–Crippen LogP) is 8.55. The lowest BCUT2D eigenvalue weighted by atomic mass is 9.32. The summed E-state index contributed by atoms with van der Waals surface area (Å²) in [6, 6.07) is 7.51. The molecule has 0 radical (unpaired) electrons. The van der Waals surface area contributed by atoms with Crippen molar-refractivity contribution in [2.24, 2.45) is 50.7 Å². The van der Waals surface area contributed by atoms with Gasteiger partial charge in [-0.1, -0.05) is 59.2 Å². The number of hydrogen-bond donors (Lipinski definition) is 3. The Hall–Kier alpha value is -2.83. The Bertz CT molecular complexity index is 1500. The Labute approximate surface area is 294 Å². The summed E-state index contributed by atoms with van der Waals surface area (Å²) >= 11 is 0. The third-order valence-corrected chi connectivity index (χ3v) is 16.2. The molecule has 1 aromatic rings. The number of nitrogens with zero attached hydrogens (tertiary/aromatic N) is 1. The summed E-state index contributed by atoms with van der Waals surface area (Å²) in [5.41, 5.74) is 3.98. The molecule has 4 saturated carbocycles. The van der Waals surface area contributed by atoms with Gasteiger partial charge in [-0.15, -0.1) is 0 Å². The molecule has 1 aliphatic heterocycles. The number of allylic oxidation sites excluding steroid dienone is 2. The van der Waals surface area contributed by atoms with Gasteiger partial charge in [0.1, 0.15) is 0 Å². The van der Waals surface area contributed by atoms with Crippen LogP contribution in [0.15, 0.2) is 30.3 Å². The largest absolute Gasteiger partial charge is 0.478 e. The number of benzene rings is 1. The molecule has 3 amide bonds. The molecule has 0 aromatic heterocycles. The monoisotopic (exact) mass is 671 g/mol. The maximum Gasteiger partial charge on any atom is 0.335 e. The van der Waals surface area contributed by atoms with Crippen LogP contribution in [-0.4, -0.2) is 54.1 Å². The number of amides is 3. The van der Waals surface area contributed by atoms with E-state index in [4.69, 9.17) is 0 Å². The quantitative estimate of drug-likeness (QED) is 0.241. The van der Waals surface area contributed by atoms with Crippen LogP contribution in [0.25, 0.3) is 5.57 Å². The van der Waals surface area contributed by atoms with E-state index in [1.165, 1.54) is 68.9 Å². The fourth-order valence-electron chi connectivity index (χ4n) is 13.6. The third-order valence-electron chi connectivity index (χ3n) is 16.2. The van der Waals surface area contributed by atoms with E-state index in [0.717, 1.165) is 38.9 Å². The first-order chi connectivity index (χ1) is 23.3. The number of carbonyl (C=O) groups is 3. The summed E-state index contributed by atoms with van der Waals surface area (Å²) in [7, 11) is 0. The molecule has 5 aliphatic carbocycles. The number of nitrogens with one attached hydrogen (secondary N) is 2. The minimum Gasteiger partial charge on any atom is -0.478 e. The molecule has 49 heavy (non-hydrogen) atoms. The van der Waals surface area contributed by atoms with E-state index in [-0.39, 0.29) is 28.2 Å². The van der Waals surface area contributed by atoms with E-state index in [2.05, 4.69) is 51.3 Å². The molecule has 268 valence electrons. The van der Waals surface area contributed by atoms with Crippen molar-refractivity contribution in [1.29, 1.82) is 0 Å². The van der Waals surface area contributed by atoms with Gasteiger partial charge in [0.05, 0.1) is 5.56 Å². The van der Waals surface area contributed by atoms with Crippen molar-refractivity contribution in [3.8, 4) is 0 Å².